The van der Waals surface area contributed by atoms with Crippen LogP contribution in [0.4, 0.5) is 5.69 Å². The first-order valence-electron chi connectivity index (χ1n) is 9.82. The van der Waals surface area contributed by atoms with Gasteiger partial charge >= 0.3 is 0 Å². The lowest BCUT2D eigenvalue weighted by Crippen LogP contribution is -2.23. The average molecular weight is 394 g/mol. The SMILES string of the molecule is CC(c1cccc([N+](=O)[O-])c1)N(C)CCCCCn1nnc(-c2ccccc2)n1. The monoisotopic (exact) mass is 394 g/mol. The smallest absolute Gasteiger partial charge is 0.269 e. The second kappa shape index (κ2) is 9.88. The van der Waals surface area contributed by atoms with Gasteiger partial charge in [0, 0.05) is 23.7 Å². The summed E-state index contributed by atoms with van der Waals surface area (Å²) in [5, 5.41) is 23.6. The first kappa shape index (κ1) is 20.6. The van der Waals surface area contributed by atoms with E-state index in [0.29, 0.717) is 5.82 Å². The number of tetrazole rings is 1. The number of nitro groups is 1. The molecule has 8 heteroatoms. The van der Waals surface area contributed by atoms with Gasteiger partial charge in [-0.05, 0) is 44.1 Å². The number of hydrogen-bond donors (Lipinski definition) is 0. The molecule has 0 bridgehead atoms. The van der Waals surface area contributed by atoms with Gasteiger partial charge in [0.15, 0.2) is 0 Å². The number of aromatic nitrogens is 4. The van der Waals surface area contributed by atoms with Gasteiger partial charge in [-0.2, -0.15) is 4.80 Å². The van der Waals surface area contributed by atoms with Crippen LogP contribution in [-0.4, -0.2) is 43.6 Å². The quantitative estimate of drug-likeness (QED) is 0.292. The normalized spacial score (nSPS) is 12.2. The molecule has 0 amide bonds. The summed E-state index contributed by atoms with van der Waals surface area (Å²) in [4.78, 5) is 14.5. The van der Waals surface area contributed by atoms with Crippen LogP contribution in [0.25, 0.3) is 11.4 Å². The van der Waals surface area contributed by atoms with E-state index < -0.39 is 0 Å². The number of rotatable bonds is 10. The van der Waals surface area contributed by atoms with E-state index in [4.69, 9.17) is 0 Å². The molecule has 1 unspecified atom stereocenters. The first-order chi connectivity index (χ1) is 14.0. The van der Waals surface area contributed by atoms with Gasteiger partial charge in [0.2, 0.25) is 5.82 Å². The number of benzene rings is 2. The Balaban J connectivity index is 1.41. The highest BCUT2D eigenvalue weighted by Gasteiger charge is 2.14. The van der Waals surface area contributed by atoms with E-state index in [9.17, 15) is 10.1 Å². The van der Waals surface area contributed by atoms with Crippen molar-refractivity contribution in [2.75, 3.05) is 13.6 Å². The fourth-order valence-electron chi connectivity index (χ4n) is 3.18. The zero-order valence-electron chi connectivity index (χ0n) is 16.8. The van der Waals surface area contributed by atoms with Gasteiger partial charge in [0.05, 0.1) is 11.5 Å². The van der Waals surface area contributed by atoms with E-state index >= 15 is 0 Å². The van der Waals surface area contributed by atoms with Crippen molar-refractivity contribution in [2.24, 2.45) is 0 Å². The number of nitrogens with zero attached hydrogens (tertiary/aromatic N) is 6. The van der Waals surface area contributed by atoms with E-state index in [0.717, 1.165) is 43.5 Å². The van der Waals surface area contributed by atoms with Crippen molar-refractivity contribution in [1.82, 2.24) is 25.1 Å². The van der Waals surface area contributed by atoms with E-state index in [1.807, 2.05) is 36.4 Å². The summed E-state index contributed by atoms with van der Waals surface area (Å²) in [7, 11) is 2.05. The summed E-state index contributed by atoms with van der Waals surface area (Å²) >= 11 is 0. The van der Waals surface area contributed by atoms with Crippen molar-refractivity contribution in [3.63, 3.8) is 0 Å². The fourth-order valence-corrected chi connectivity index (χ4v) is 3.18. The first-order valence-corrected chi connectivity index (χ1v) is 9.82. The van der Waals surface area contributed by atoms with Crippen molar-refractivity contribution in [3.8, 4) is 11.4 Å². The Morgan fingerprint density at radius 2 is 1.90 bits per heavy atom. The third kappa shape index (κ3) is 5.68. The van der Waals surface area contributed by atoms with Crippen LogP contribution < -0.4 is 0 Å². The van der Waals surface area contributed by atoms with Gasteiger partial charge in [0.1, 0.15) is 0 Å². The molecule has 0 aliphatic rings. The second-order valence-electron chi connectivity index (χ2n) is 7.14. The maximum atomic E-state index is 11.0. The lowest BCUT2D eigenvalue weighted by Gasteiger charge is -2.24. The van der Waals surface area contributed by atoms with E-state index in [-0.39, 0.29) is 16.7 Å². The molecule has 0 saturated carbocycles. The molecule has 1 atom stereocenters. The average Bonchev–Trinajstić information content (AvgIpc) is 3.22. The highest BCUT2D eigenvalue weighted by atomic mass is 16.6. The van der Waals surface area contributed by atoms with Crippen LogP contribution in [0, 0.1) is 10.1 Å². The van der Waals surface area contributed by atoms with Crippen molar-refractivity contribution in [2.45, 2.75) is 38.8 Å². The standard InChI is InChI=1S/C21H26N6O2/c1-17(19-12-9-13-20(16-19)27(28)29)25(2)14-7-4-8-15-26-23-21(22-24-26)18-10-5-3-6-11-18/h3,5-6,9-13,16-17H,4,7-8,14-15H2,1-2H3. The van der Waals surface area contributed by atoms with Crippen molar-refractivity contribution < 1.29 is 4.92 Å². The van der Waals surface area contributed by atoms with E-state index in [1.165, 1.54) is 6.07 Å². The summed E-state index contributed by atoms with van der Waals surface area (Å²) in [6, 6.07) is 16.8. The van der Waals surface area contributed by atoms with Crippen LogP contribution in [-0.2, 0) is 6.54 Å². The molecule has 2 aromatic carbocycles. The second-order valence-corrected chi connectivity index (χ2v) is 7.14. The Hall–Kier alpha value is -3.13. The number of unbranched alkanes of at least 4 members (excludes halogenated alkanes) is 2. The molecule has 152 valence electrons. The topological polar surface area (TPSA) is 90.0 Å². The molecule has 1 heterocycles. The molecule has 0 fully saturated rings. The summed E-state index contributed by atoms with van der Waals surface area (Å²) in [5.41, 5.74) is 2.07. The van der Waals surface area contributed by atoms with Gasteiger partial charge in [0.25, 0.3) is 5.69 Å². The predicted molar refractivity (Wildman–Crippen MR) is 111 cm³/mol. The molecule has 8 nitrogen and oxygen atoms in total. The molecule has 0 spiro atoms. The number of aryl methyl sites for hydroxylation is 1. The van der Waals surface area contributed by atoms with Crippen LogP contribution in [0.1, 0.15) is 37.8 Å². The summed E-state index contributed by atoms with van der Waals surface area (Å²) in [6.07, 6.45) is 3.06. The molecule has 0 radical (unpaired) electrons. The summed E-state index contributed by atoms with van der Waals surface area (Å²) in [5.74, 6) is 0.649. The Labute approximate surface area is 170 Å². The summed E-state index contributed by atoms with van der Waals surface area (Å²) in [6.45, 7) is 3.73. The predicted octanol–water partition coefficient (Wildman–Crippen LogP) is 4.11. The molecule has 0 N–H and O–H groups in total. The zero-order valence-corrected chi connectivity index (χ0v) is 16.8. The molecule has 0 aliphatic carbocycles. The molecular weight excluding hydrogens is 368 g/mol. The third-order valence-electron chi connectivity index (χ3n) is 5.08. The Kier molecular flexibility index (Phi) is 7.02. The largest absolute Gasteiger partial charge is 0.300 e. The van der Waals surface area contributed by atoms with Gasteiger partial charge < -0.3 is 0 Å². The van der Waals surface area contributed by atoms with E-state index in [1.54, 1.807) is 16.9 Å². The molecule has 3 rings (SSSR count). The minimum Gasteiger partial charge on any atom is -0.300 e. The molecule has 0 saturated heterocycles. The lowest BCUT2D eigenvalue weighted by atomic mass is 10.1. The van der Waals surface area contributed by atoms with Crippen molar-refractivity contribution in [1.29, 1.82) is 0 Å². The number of hydrogen-bond acceptors (Lipinski definition) is 6. The lowest BCUT2D eigenvalue weighted by molar-refractivity contribution is -0.384. The van der Waals surface area contributed by atoms with Crippen LogP contribution in [0.5, 0.6) is 0 Å². The minimum atomic E-state index is -0.350. The van der Waals surface area contributed by atoms with Crippen molar-refractivity contribution in [3.05, 3.63) is 70.3 Å². The third-order valence-corrected chi connectivity index (χ3v) is 5.08. The van der Waals surface area contributed by atoms with Crippen LogP contribution in [0.15, 0.2) is 54.6 Å². The van der Waals surface area contributed by atoms with Crippen molar-refractivity contribution >= 4 is 5.69 Å². The zero-order chi connectivity index (χ0) is 20.6. The Bertz CT molecular complexity index is 928. The summed E-state index contributed by atoms with van der Waals surface area (Å²) < 4.78 is 0. The fraction of sp³-hybridized carbons (Fsp3) is 0.381. The van der Waals surface area contributed by atoms with Gasteiger partial charge in [-0.3, -0.25) is 15.0 Å². The highest BCUT2D eigenvalue weighted by Crippen LogP contribution is 2.23. The minimum absolute atomic E-state index is 0.125. The molecule has 1 aromatic heterocycles. The molecule has 0 aliphatic heterocycles. The van der Waals surface area contributed by atoms with Gasteiger partial charge in [-0.1, -0.05) is 48.9 Å². The Morgan fingerprint density at radius 3 is 2.66 bits per heavy atom. The highest BCUT2D eigenvalue weighted by molar-refractivity contribution is 5.52. The van der Waals surface area contributed by atoms with Crippen LogP contribution in [0.2, 0.25) is 0 Å². The molecule has 3 aromatic rings. The maximum absolute atomic E-state index is 11.0. The van der Waals surface area contributed by atoms with Crippen LogP contribution in [0.3, 0.4) is 0 Å². The van der Waals surface area contributed by atoms with E-state index in [2.05, 4.69) is 34.3 Å². The number of nitro benzene ring substituents is 1. The van der Waals surface area contributed by atoms with Gasteiger partial charge in [-0.25, -0.2) is 0 Å². The Morgan fingerprint density at radius 1 is 1.10 bits per heavy atom. The maximum Gasteiger partial charge on any atom is 0.269 e. The molecule has 29 heavy (non-hydrogen) atoms. The molecular formula is C21H26N6O2. The van der Waals surface area contributed by atoms with Crippen LogP contribution >= 0.6 is 0 Å². The number of non-ortho nitro benzene ring substituents is 1. The van der Waals surface area contributed by atoms with Gasteiger partial charge in [-0.15, -0.1) is 10.2 Å².